The van der Waals surface area contributed by atoms with Crippen LogP contribution in [0.1, 0.15) is 22.7 Å². The van der Waals surface area contributed by atoms with Gasteiger partial charge in [-0.3, -0.25) is 11.3 Å². The Bertz CT molecular complexity index is 532. The average molecular weight is 262 g/mol. The second-order valence-corrected chi connectivity index (χ2v) is 4.54. The summed E-state index contributed by atoms with van der Waals surface area (Å²) in [4.78, 5) is 0. The zero-order valence-electron chi connectivity index (χ0n) is 10.7. The molecule has 0 spiro atoms. The van der Waals surface area contributed by atoms with E-state index in [2.05, 4.69) is 5.43 Å². The second kappa shape index (κ2) is 5.91. The van der Waals surface area contributed by atoms with Crippen LogP contribution in [-0.2, 0) is 6.42 Å². The average Bonchev–Trinajstić information content (AvgIpc) is 2.39. The van der Waals surface area contributed by atoms with E-state index in [4.69, 9.17) is 5.84 Å². The molecule has 0 bridgehead atoms. The van der Waals surface area contributed by atoms with Crippen LogP contribution in [0.4, 0.5) is 8.78 Å². The molecule has 1 atom stereocenters. The van der Waals surface area contributed by atoms with Crippen molar-refractivity contribution in [3.63, 3.8) is 0 Å². The minimum atomic E-state index is -0.594. The van der Waals surface area contributed by atoms with E-state index < -0.39 is 17.7 Å². The van der Waals surface area contributed by atoms with Gasteiger partial charge in [0, 0.05) is 5.56 Å². The SMILES string of the molecule is Cc1ccc(CC(NN)c2c(F)cccc2F)cc1. The molecule has 3 N–H and O–H groups in total. The molecule has 0 aromatic heterocycles. The molecular formula is C15H16F2N2. The predicted molar refractivity (Wildman–Crippen MR) is 71.3 cm³/mol. The van der Waals surface area contributed by atoms with E-state index in [-0.39, 0.29) is 5.56 Å². The molecule has 0 aliphatic rings. The lowest BCUT2D eigenvalue weighted by Gasteiger charge is -2.18. The molecule has 2 aromatic rings. The number of nitrogens with two attached hydrogens (primary N) is 1. The van der Waals surface area contributed by atoms with Crippen molar-refractivity contribution in [1.29, 1.82) is 0 Å². The number of halogens is 2. The summed E-state index contributed by atoms with van der Waals surface area (Å²) in [7, 11) is 0. The Morgan fingerprint density at radius 3 is 2.16 bits per heavy atom. The van der Waals surface area contributed by atoms with Crippen LogP contribution in [0.25, 0.3) is 0 Å². The smallest absolute Gasteiger partial charge is 0.130 e. The van der Waals surface area contributed by atoms with E-state index in [1.807, 2.05) is 31.2 Å². The molecular weight excluding hydrogens is 246 g/mol. The van der Waals surface area contributed by atoms with Gasteiger partial charge in [0.15, 0.2) is 0 Å². The first-order valence-corrected chi connectivity index (χ1v) is 6.07. The van der Waals surface area contributed by atoms with Crippen LogP contribution in [0.3, 0.4) is 0 Å². The zero-order chi connectivity index (χ0) is 13.8. The Morgan fingerprint density at radius 2 is 1.63 bits per heavy atom. The molecule has 0 radical (unpaired) electrons. The molecule has 0 aliphatic heterocycles. The van der Waals surface area contributed by atoms with Gasteiger partial charge in [-0.1, -0.05) is 35.9 Å². The van der Waals surface area contributed by atoms with E-state index >= 15 is 0 Å². The van der Waals surface area contributed by atoms with Gasteiger partial charge in [0.05, 0.1) is 6.04 Å². The summed E-state index contributed by atoms with van der Waals surface area (Å²) in [5, 5.41) is 0. The molecule has 0 aliphatic carbocycles. The lowest BCUT2D eigenvalue weighted by Crippen LogP contribution is -2.31. The van der Waals surface area contributed by atoms with Crippen LogP contribution in [-0.4, -0.2) is 0 Å². The zero-order valence-corrected chi connectivity index (χ0v) is 10.7. The highest BCUT2D eigenvalue weighted by Gasteiger charge is 2.19. The molecule has 100 valence electrons. The minimum Gasteiger partial charge on any atom is -0.271 e. The molecule has 0 heterocycles. The topological polar surface area (TPSA) is 38.0 Å². The quantitative estimate of drug-likeness (QED) is 0.656. The number of nitrogens with one attached hydrogen (secondary N) is 1. The van der Waals surface area contributed by atoms with Gasteiger partial charge in [-0.05, 0) is 31.0 Å². The number of hydrogen-bond acceptors (Lipinski definition) is 2. The van der Waals surface area contributed by atoms with Crippen molar-refractivity contribution < 1.29 is 8.78 Å². The maximum atomic E-state index is 13.7. The molecule has 1 unspecified atom stereocenters. The minimum absolute atomic E-state index is 0.0226. The normalized spacial score (nSPS) is 12.4. The van der Waals surface area contributed by atoms with E-state index in [0.29, 0.717) is 6.42 Å². The van der Waals surface area contributed by atoms with Crippen LogP contribution < -0.4 is 11.3 Å². The Labute approximate surface area is 111 Å². The van der Waals surface area contributed by atoms with Crippen molar-refractivity contribution in [3.8, 4) is 0 Å². The first-order valence-electron chi connectivity index (χ1n) is 6.07. The first kappa shape index (κ1) is 13.6. The van der Waals surface area contributed by atoms with Gasteiger partial charge < -0.3 is 0 Å². The van der Waals surface area contributed by atoms with Gasteiger partial charge in [0.2, 0.25) is 0 Å². The molecule has 19 heavy (non-hydrogen) atoms. The highest BCUT2D eigenvalue weighted by Crippen LogP contribution is 2.23. The fraction of sp³-hybridized carbons (Fsp3) is 0.200. The Hall–Kier alpha value is -1.78. The summed E-state index contributed by atoms with van der Waals surface area (Å²) in [6, 6.07) is 11.0. The highest BCUT2D eigenvalue weighted by molar-refractivity contribution is 5.27. The standard InChI is InChI=1S/C15H16F2N2/c1-10-5-7-11(8-6-10)9-14(19-18)15-12(16)3-2-4-13(15)17/h2-8,14,19H,9,18H2,1H3. The third-order valence-corrected chi connectivity index (χ3v) is 3.11. The van der Waals surface area contributed by atoms with Crippen molar-refractivity contribution in [2.24, 2.45) is 5.84 Å². The number of rotatable bonds is 4. The molecule has 0 amide bonds. The van der Waals surface area contributed by atoms with E-state index in [1.165, 1.54) is 18.2 Å². The van der Waals surface area contributed by atoms with Crippen molar-refractivity contribution >= 4 is 0 Å². The van der Waals surface area contributed by atoms with Crippen LogP contribution in [0.15, 0.2) is 42.5 Å². The first-order chi connectivity index (χ1) is 9.11. The summed E-state index contributed by atoms with van der Waals surface area (Å²) in [6.45, 7) is 1.99. The van der Waals surface area contributed by atoms with E-state index in [0.717, 1.165) is 11.1 Å². The number of aryl methyl sites for hydroxylation is 1. The molecule has 2 aromatic carbocycles. The van der Waals surface area contributed by atoms with Crippen molar-refractivity contribution in [1.82, 2.24) is 5.43 Å². The third-order valence-electron chi connectivity index (χ3n) is 3.11. The fourth-order valence-electron chi connectivity index (χ4n) is 2.05. The lowest BCUT2D eigenvalue weighted by molar-refractivity contribution is 0.473. The van der Waals surface area contributed by atoms with Gasteiger partial charge >= 0.3 is 0 Å². The highest BCUT2D eigenvalue weighted by atomic mass is 19.1. The van der Waals surface area contributed by atoms with Gasteiger partial charge in [-0.2, -0.15) is 0 Å². The largest absolute Gasteiger partial charge is 0.271 e. The molecule has 2 rings (SSSR count). The van der Waals surface area contributed by atoms with Crippen molar-refractivity contribution in [3.05, 3.63) is 70.8 Å². The number of benzene rings is 2. The molecule has 0 saturated heterocycles. The van der Waals surface area contributed by atoms with Gasteiger partial charge in [0.25, 0.3) is 0 Å². The maximum absolute atomic E-state index is 13.7. The number of hydrogen-bond donors (Lipinski definition) is 2. The third kappa shape index (κ3) is 3.16. The van der Waals surface area contributed by atoms with Crippen LogP contribution in [0.2, 0.25) is 0 Å². The Morgan fingerprint density at radius 1 is 1.05 bits per heavy atom. The maximum Gasteiger partial charge on any atom is 0.130 e. The fourth-order valence-corrected chi connectivity index (χ4v) is 2.05. The lowest BCUT2D eigenvalue weighted by atomic mass is 9.98. The van der Waals surface area contributed by atoms with Gasteiger partial charge in [-0.15, -0.1) is 0 Å². The van der Waals surface area contributed by atoms with Crippen molar-refractivity contribution in [2.45, 2.75) is 19.4 Å². The Balaban J connectivity index is 2.27. The van der Waals surface area contributed by atoms with Gasteiger partial charge in [-0.25, -0.2) is 8.78 Å². The second-order valence-electron chi connectivity index (χ2n) is 4.54. The molecule has 0 saturated carbocycles. The predicted octanol–water partition coefficient (Wildman–Crippen LogP) is 3.02. The van der Waals surface area contributed by atoms with E-state index in [9.17, 15) is 8.78 Å². The van der Waals surface area contributed by atoms with Crippen LogP contribution in [0, 0.1) is 18.6 Å². The Kier molecular flexibility index (Phi) is 4.24. The van der Waals surface area contributed by atoms with E-state index in [1.54, 1.807) is 0 Å². The molecule has 0 fully saturated rings. The van der Waals surface area contributed by atoms with Crippen LogP contribution >= 0.6 is 0 Å². The summed E-state index contributed by atoms with van der Waals surface area (Å²) in [5.74, 6) is 4.26. The monoisotopic (exact) mass is 262 g/mol. The summed E-state index contributed by atoms with van der Waals surface area (Å²) in [6.07, 6.45) is 0.425. The summed E-state index contributed by atoms with van der Waals surface area (Å²) >= 11 is 0. The van der Waals surface area contributed by atoms with Gasteiger partial charge in [0.1, 0.15) is 11.6 Å². The molecule has 4 heteroatoms. The number of hydrazine groups is 1. The summed E-state index contributed by atoms with van der Waals surface area (Å²) < 4.78 is 27.4. The van der Waals surface area contributed by atoms with Crippen molar-refractivity contribution in [2.75, 3.05) is 0 Å². The van der Waals surface area contributed by atoms with Crippen LogP contribution in [0.5, 0.6) is 0 Å². The molecule has 2 nitrogen and oxygen atoms in total. The summed E-state index contributed by atoms with van der Waals surface area (Å²) in [5.41, 5.74) is 4.57.